The SMILES string of the molecule is CSCCC#CC1[CH]C1. The van der Waals surface area contributed by atoms with E-state index in [9.17, 15) is 0 Å². The quantitative estimate of drug-likeness (QED) is 0.416. The standard InChI is InChI=1S/C8H11S/c1-9-7-3-2-4-8-5-6-8/h5,8H,3,6-7H2,1H3. The molecule has 1 aliphatic rings. The van der Waals surface area contributed by atoms with Crippen molar-refractivity contribution in [3.05, 3.63) is 6.42 Å². The van der Waals surface area contributed by atoms with Crippen LogP contribution in [0.4, 0.5) is 0 Å². The first-order chi connectivity index (χ1) is 4.43. The lowest BCUT2D eigenvalue weighted by atomic mass is 10.4. The summed E-state index contributed by atoms with van der Waals surface area (Å²) in [5.41, 5.74) is 0. The first-order valence-corrected chi connectivity index (χ1v) is 4.63. The third-order valence-corrected chi connectivity index (χ3v) is 1.80. The predicted molar refractivity (Wildman–Crippen MR) is 43.2 cm³/mol. The summed E-state index contributed by atoms with van der Waals surface area (Å²) in [7, 11) is 0. The molecule has 1 heteroatoms. The average molecular weight is 139 g/mol. The van der Waals surface area contributed by atoms with Gasteiger partial charge in [0, 0.05) is 18.1 Å². The average Bonchev–Trinajstić information content (AvgIpc) is 2.63. The zero-order chi connectivity index (χ0) is 6.53. The van der Waals surface area contributed by atoms with Gasteiger partial charge in [-0.25, -0.2) is 0 Å². The lowest BCUT2D eigenvalue weighted by Crippen LogP contribution is -1.72. The van der Waals surface area contributed by atoms with Crippen LogP contribution in [-0.4, -0.2) is 12.0 Å². The second-order valence-corrected chi connectivity index (χ2v) is 3.13. The van der Waals surface area contributed by atoms with Gasteiger partial charge in [0.1, 0.15) is 0 Å². The minimum absolute atomic E-state index is 0.659. The van der Waals surface area contributed by atoms with Crippen molar-refractivity contribution in [2.45, 2.75) is 12.8 Å². The molecule has 1 fully saturated rings. The van der Waals surface area contributed by atoms with Gasteiger partial charge in [0.2, 0.25) is 0 Å². The Labute approximate surface area is 61.4 Å². The smallest absolute Gasteiger partial charge is 0.0237 e. The van der Waals surface area contributed by atoms with E-state index in [1.165, 1.54) is 12.2 Å². The molecule has 0 bridgehead atoms. The first-order valence-electron chi connectivity index (χ1n) is 3.24. The molecule has 0 aromatic carbocycles. The fraction of sp³-hybridized carbons (Fsp3) is 0.625. The molecule has 0 saturated heterocycles. The van der Waals surface area contributed by atoms with Gasteiger partial charge in [-0.1, -0.05) is 5.92 Å². The van der Waals surface area contributed by atoms with Crippen LogP contribution in [0.2, 0.25) is 0 Å². The van der Waals surface area contributed by atoms with E-state index in [-0.39, 0.29) is 0 Å². The van der Waals surface area contributed by atoms with Crippen LogP contribution in [0.15, 0.2) is 0 Å². The molecule has 1 atom stereocenters. The number of hydrogen-bond donors (Lipinski definition) is 0. The molecule has 0 aromatic heterocycles. The predicted octanol–water partition coefficient (Wildman–Crippen LogP) is 1.97. The molecule has 1 rings (SSSR count). The van der Waals surface area contributed by atoms with Crippen LogP contribution in [0, 0.1) is 24.2 Å². The summed E-state index contributed by atoms with van der Waals surface area (Å²) in [5, 5.41) is 0. The van der Waals surface area contributed by atoms with Crippen molar-refractivity contribution in [2.75, 3.05) is 12.0 Å². The van der Waals surface area contributed by atoms with Crippen LogP contribution in [0.5, 0.6) is 0 Å². The molecule has 0 aromatic rings. The Morgan fingerprint density at radius 2 is 2.56 bits per heavy atom. The van der Waals surface area contributed by atoms with Gasteiger partial charge >= 0.3 is 0 Å². The van der Waals surface area contributed by atoms with Gasteiger partial charge in [-0.15, -0.1) is 5.92 Å². The molecule has 0 amide bonds. The summed E-state index contributed by atoms with van der Waals surface area (Å²) in [6, 6.07) is 0. The van der Waals surface area contributed by atoms with E-state index < -0.39 is 0 Å². The molecule has 49 valence electrons. The molecular weight excluding hydrogens is 128 g/mol. The molecule has 1 unspecified atom stereocenters. The van der Waals surface area contributed by atoms with Gasteiger partial charge in [0.05, 0.1) is 0 Å². The van der Waals surface area contributed by atoms with Gasteiger partial charge in [0.25, 0.3) is 0 Å². The van der Waals surface area contributed by atoms with E-state index in [1.54, 1.807) is 0 Å². The highest BCUT2D eigenvalue weighted by Gasteiger charge is 2.17. The summed E-state index contributed by atoms with van der Waals surface area (Å²) in [6.45, 7) is 0. The van der Waals surface area contributed by atoms with Crippen molar-refractivity contribution in [3.8, 4) is 11.8 Å². The third kappa shape index (κ3) is 3.48. The number of hydrogen-bond acceptors (Lipinski definition) is 1. The van der Waals surface area contributed by atoms with Crippen molar-refractivity contribution in [2.24, 2.45) is 5.92 Å². The van der Waals surface area contributed by atoms with Gasteiger partial charge in [-0.2, -0.15) is 11.8 Å². The Kier molecular flexibility index (Phi) is 3.00. The molecule has 1 radical (unpaired) electrons. The maximum Gasteiger partial charge on any atom is 0.0237 e. The molecule has 0 nitrogen and oxygen atoms in total. The van der Waals surface area contributed by atoms with E-state index in [0.29, 0.717) is 5.92 Å². The van der Waals surface area contributed by atoms with E-state index >= 15 is 0 Å². The van der Waals surface area contributed by atoms with Crippen LogP contribution in [-0.2, 0) is 0 Å². The molecule has 0 spiro atoms. The van der Waals surface area contributed by atoms with Crippen LogP contribution in [0.25, 0.3) is 0 Å². The van der Waals surface area contributed by atoms with Crippen LogP contribution in [0.1, 0.15) is 12.8 Å². The lowest BCUT2D eigenvalue weighted by Gasteiger charge is -1.82. The van der Waals surface area contributed by atoms with Crippen molar-refractivity contribution in [1.29, 1.82) is 0 Å². The molecule has 0 heterocycles. The first kappa shape index (κ1) is 7.02. The van der Waals surface area contributed by atoms with Gasteiger partial charge in [-0.3, -0.25) is 0 Å². The molecule has 0 aliphatic heterocycles. The summed E-state index contributed by atoms with van der Waals surface area (Å²) >= 11 is 1.86. The Balaban J connectivity index is 1.96. The molecule has 1 saturated carbocycles. The van der Waals surface area contributed by atoms with Crippen LogP contribution in [0.3, 0.4) is 0 Å². The summed E-state index contributed by atoms with van der Waals surface area (Å²) in [4.78, 5) is 0. The van der Waals surface area contributed by atoms with Gasteiger partial charge in [-0.05, 0) is 19.1 Å². The molecular formula is C8H11S. The fourth-order valence-corrected chi connectivity index (χ4v) is 0.848. The Bertz CT molecular complexity index is 125. The van der Waals surface area contributed by atoms with Crippen molar-refractivity contribution in [3.63, 3.8) is 0 Å². The summed E-state index contributed by atoms with van der Waals surface area (Å²) in [5.74, 6) is 8.16. The summed E-state index contributed by atoms with van der Waals surface area (Å²) < 4.78 is 0. The highest BCUT2D eigenvalue weighted by atomic mass is 32.2. The number of rotatable bonds is 2. The highest BCUT2D eigenvalue weighted by Crippen LogP contribution is 2.25. The zero-order valence-corrected chi connectivity index (χ0v) is 6.50. The topological polar surface area (TPSA) is 0 Å². The normalized spacial score (nSPS) is 16.6. The molecule has 1 aliphatic carbocycles. The number of thioether (sulfide) groups is 1. The van der Waals surface area contributed by atoms with Gasteiger partial charge in [0.15, 0.2) is 0 Å². The monoisotopic (exact) mass is 139 g/mol. The van der Waals surface area contributed by atoms with Crippen LogP contribution >= 0.6 is 11.8 Å². The second-order valence-electron chi connectivity index (χ2n) is 2.14. The minimum Gasteiger partial charge on any atom is -0.164 e. The van der Waals surface area contributed by atoms with Crippen molar-refractivity contribution >= 4 is 11.8 Å². The van der Waals surface area contributed by atoms with Crippen LogP contribution < -0.4 is 0 Å². The Morgan fingerprint density at radius 1 is 1.78 bits per heavy atom. The fourth-order valence-electron chi connectivity index (χ4n) is 0.542. The third-order valence-electron chi connectivity index (χ3n) is 1.19. The van der Waals surface area contributed by atoms with Gasteiger partial charge < -0.3 is 0 Å². The van der Waals surface area contributed by atoms with E-state index in [0.717, 1.165) is 6.42 Å². The maximum absolute atomic E-state index is 3.17. The molecule has 0 N–H and O–H groups in total. The minimum atomic E-state index is 0.659. The Hall–Kier alpha value is -0.0900. The van der Waals surface area contributed by atoms with E-state index in [4.69, 9.17) is 0 Å². The van der Waals surface area contributed by atoms with E-state index in [1.807, 2.05) is 11.8 Å². The van der Waals surface area contributed by atoms with Crippen molar-refractivity contribution in [1.82, 2.24) is 0 Å². The summed E-state index contributed by atoms with van der Waals surface area (Å²) in [6.07, 6.45) is 6.65. The maximum atomic E-state index is 3.17. The second kappa shape index (κ2) is 3.85. The Morgan fingerprint density at radius 3 is 3.11 bits per heavy atom. The largest absolute Gasteiger partial charge is 0.164 e. The molecule has 9 heavy (non-hydrogen) atoms. The zero-order valence-electron chi connectivity index (χ0n) is 5.68. The lowest BCUT2D eigenvalue weighted by molar-refractivity contribution is 1.20. The highest BCUT2D eigenvalue weighted by molar-refractivity contribution is 7.98. The van der Waals surface area contributed by atoms with E-state index in [2.05, 4.69) is 24.5 Å². The van der Waals surface area contributed by atoms with Crippen molar-refractivity contribution < 1.29 is 0 Å².